The third-order valence-corrected chi connectivity index (χ3v) is 4.08. The third-order valence-electron chi connectivity index (χ3n) is 4.08. The fraction of sp³-hybridized carbons (Fsp3) is 0.0455. The summed E-state index contributed by atoms with van der Waals surface area (Å²) in [7, 11) is 0. The average Bonchev–Trinajstić information content (AvgIpc) is 3.17. The average molecular weight is 339 g/mol. The second kappa shape index (κ2) is 7.57. The number of aromatic nitrogens is 2. The van der Waals surface area contributed by atoms with Crippen LogP contribution in [0.1, 0.15) is 5.56 Å². The van der Waals surface area contributed by atoms with Crippen molar-refractivity contribution in [2.45, 2.75) is 6.54 Å². The molecule has 3 aromatic carbocycles. The Morgan fingerprint density at radius 2 is 1.31 bits per heavy atom. The van der Waals surface area contributed by atoms with Crippen molar-refractivity contribution in [3.63, 3.8) is 0 Å². The largest absolute Gasteiger partial charge is 0.249 e. The van der Waals surface area contributed by atoms with Gasteiger partial charge in [0.1, 0.15) is 24.6 Å². The zero-order valence-electron chi connectivity index (χ0n) is 14.3. The quantitative estimate of drug-likeness (QED) is 0.352. The number of imidazole rings is 1. The SMILES string of the molecule is c1ccc(C[n+]2ccn(-c3ccc(N=Nc4ccccc4)cc3)c2)cc1. The molecule has 4 nitrogen and oxygen atoms in total. The minimum atomic E-state index is 0.835. The number of rotatable bonds is 5. The summed E-state index contributed by atoms with van der Waals surface area (Å²) in [6, 6.07) is 28.2. The normalized spacial score (nSPS) is 11.1. The number of azo groups is 1. The molecule has 0 spiro atoms. The molecule has 0 unspecified atom stereocenters. The molecule has 0 saturated carbocycles. The predicted molar refractivity (Wildman–Crippen MR) is 102 cm³/mol. The summed E-state index contributed by atoms with van der Waals surface area (Å²) in [4.78, 5) is 0. The summed E-state index contributed by atoms with van der Waals surface area (Å²) < 4.78 is 4.26. The highest BCUT2D eigenvalue weighted by Gasteiger charge is 2.07. The molecule has 0 bridgehead atoms. The van der Waals surface area contributed by atoms with Crippen molar-refractivity contribution in [2.75, 3.05) is 0 Å². The van der Waals surface area contributed by atoms with Crippen LogP contribution in [0.5, 0.6) is 0 Å². The lowest BCUT2D eigenvalue weighted by Gasteiger charge is -1.98. The first-order chi connectivity index (χ1) is 12.9. The van der Waals surface area contributed by atoms with Crippen LogP contribution in [0, 0.1) is 0 Å². The van der Waals surface area contributed by atoms with Gasteiger partial charge in [0, 0.05) is 0 Å². The molecule has 126 valence electrons. The lowest BCUT2D eigenvalue weighted by atomic mass is 10.2. The van der Waals surface area contributed by atoms with Crippen LogP contribution in [0.4, 0.5) is 11.4 Å². The van der Waals surface area contributed by atoms with Gasteiger partial charge in [-0.3, -0.25) is 0 Å². The van der Waals surface area contributed by atoms with E-state index in [0.29, 0.717) is 0 Å². The molecular formula is C22H19N4+. The fourth-order valence-electron chi connectivity index (χ4n) is 2.74. The molecule has 0 aliphatic carbocycles. The first-order valence-corrected chi connectivity index (χ1v) is 8.55. The molecule has 0 N–H and O–H groups in total. The molecule has 0 atom stereocenters. The first-order valence-electron chi connectivity index (χ1n) is 8.55. The molecular weight excluding hydrogens is 320 g/mol. The number of hydrogen-bond donors (Lipinski definition) is 0. The van der Waals surface area contributed by atoms with Gasteiger partial charge in [0.2, 0.25) is 6.33 Å². The van der Waals surface area contributed by atoms with Crippen LogP contribution in [0.3, 0.4) is 0 Å². The Hall–Kier alpha value is -3.53. The summed E-state index contributed by atoms with van der Waals surface area (Å²) >= 11 is 0. The monoisotopic (exact) mass is 339 g/mol. The van der Waals surface area contributed by atoms with Crippen molar-refractivity contribution < 1.29 is 4.57 Å². The van der Waals surface area contributed by atoms with Gasteiger partial charge in [-0.25, -0.2) is 9.13 Å². The van der Waals surface area contributed by atoms with Crippen LogP contribution in [-0.4, -0.2) is 4.57 Å². The van der Waals surface area contributed by atoms with E-state index in [4.69, 9.17) is 0 Å². The molecule has 0 radical (unpaired) electrons. The second-order valence-corrected chi connectivity index (χ2v) is 6.03. The fourth-order valence-corrected chi connectivity index (χ4v) is 2.74. The van der Waals surface area contributed by atoms with Crippen LogP contribution < -0.4 is 4.57 Å². The van der Waals surface area contributed by atoms with Gasteiger partial charge in [0.25, 0.3) is 0 Å². The number of nitrogens with zero attached hydrogens (tertiary/aromatic N) is 4. The summed E-state index contributed by atoms with van der Waals surface area (Å²) in [5, 5.41) is 8.53. The van der Waals surface area contributed by atoms with Crippen LogP contribution in [0.25, 0.3) is 5.69 Å². The molecule has 0 aliphatic heterocycles. The number of benzene rings is 3. The predicted octanol–water partition coefficient (Wildman–Crippen LogP) is 5.23. The lowest BCUT2D eigenvalue weighted by Crippen LogP contribution is -2.31. The van der Waals surface area contributed by atoms with E-state index in [1.807, 2.05) is 60.7 Å². The van der Waals surface area contributed by atoms with Crippen molar-refractivity contribution in [3.05, 3.63) is 109 Å². The molecule has 0 fully saturated rings. The smallest absolute Gasteiger partial charge is 0.232 e. The Kier molecular flexibility index (Phi) is 4.65. The third kappa shape index (κ3) is 3.92. The second-order valence-electron chi connectivity index (χ2n) is 6.03. The van der Waals surface area contributed by atoms with E-state index in [0.717, 1.165) is 23.6 Å². The van der Waals surface area contributed by atoms with Crippen molar-refractivity contribution in [3.8, 4) is 5.69 Å². The van der Waals surface area contributed by atoms with Crippen molar-refractivity contribution >= 4 is 11.4 Å². The van der Waals surface area contributed by atoms with Crippen LogP contribution in [-0.2, 0) is 6.54 Å². The first kappa shape index (κ1) is 16.0. The van der Waals surface area contributed by atoms with Crippen LogP contribution in [0.15, 0.2) is 114 Å². The molecule has 26 heavy (non-hydrogen) atoms. The highest BCUT2D eigenvalue weighted by atomic mass is 15.1. The van der Waals surface area contributed by atoms with Gasteiger partial charge in [-0.15, -0.1) is 0 Å². The van der Waals surface area contributed by atoms with Gasteiger partial charge in [-0.05, 0) is 42.0 Å². The minimum absolute atomic E-state index is 0.835. The summed E-state index contributed by atoms with van der Waals surface area (Å²) in [5.74, 6) is 0. The molecule has 0 saturated heterocycles. The lowest BCUT2D eigenvalue weighted by molar-refractivity contribution is -0.687. The maximum Gasteiger partial charge on any atom is 0.249 e. The Bertz CT molecular complexity index is 987. The van der Waals surface area contributed by atoms with Crippen molar-refractivity contribution in [1.29, 1.82) is 0 Å². The molecule has 0 aliphatic rings. The van der Waals surface area contributed by atoms with Gasteiger partial charge in [0.15, 0.2) is 0 Å². The Labute approximate surface area is 152 Å². The number of hydrogen-bond acceptors (Lipinski definition) is 2. The highest BCUT2D eigenvalue weighted by Crippen LogP contribution is 2.19. The van der Waals surface area contributed by atoms with E-state index in [1.54, 1.807) is 0 Å². The van der Waals surface area contributed by atoms with E-state index < -0.39 is 0 Å². The molecule has 4 aromatic rings. The molecule has 1 aromatic heterocycles. The van der Waals surface area contributed by atoms with E-state index in [9.17, 15) is 0 Å². The zero-order chi connectivity index (χ0) is 17.6. The Morgan fingerprint density at radius 1 is 0.692 bits per heavy atom. The topological polar surface area (TPSA) is 33.5 Å². The molecule has 0 amide bonds. The van der Waals surface area contributed by atoms with Crippen LogP contribution in [0.2, 0.25) is 0 Å². The van der Waals surface area contributed by atoms with E-state index in [1.165, 1.54) is 5.56 Å². The maximum atomic E-state index is 4.28. The van der Waals surface area contributed by atoms with Gasteiger partial charge in [-0.1, -0.05) is 48.5 Å². The van der Waals surface area contributed by atoms with Gasteiger partial charge >= 0.3 is 0 Å². The molecule has 1 heterocycles. The summed E-state index contributed by atoms with van der Waals surface area (Å²) in [6.07, 6.45) is 6.23. The summed E-state index contributed by atoms with van der Waals surface area (Å²) in [5.41, 5.74) is 4.06. The minimum Gasteiger partial charge on any atom is -0.232 e. The van der Waals surface area contributed by atoms with E-state index >= 15 is 0 Å². The maximum absolute atomic E-state index is 4.28. The zero-order valence-corrected chi connectivity index (χ0v) is 14.3. The van der Waals surface area contributed by atoms with Crippen molar-refractivity contribution in [2.24, 2.45) is 10.2 Å². The summed E-state index contributed by atoms with van der Waals surface area (Å²) in [6.45, 7) is 0.858. The van der Waals surface area contributed by atoms with Crippen molar-refractivity contribution in [1.82, 2.24) is 4.57 Å². The van der Waals surface area contributed by atoms with E-state index in [2.05, 4.69) is 62.3 Å². The van der Waals surface area contributed by atoms with Gasteiger partial charge in [0.05, 0.1) is 11.4 Å². The Morgan fingerprint density at radius 3 is 2.00 bits per heavy atom. The van der Waals surface area contributed by atoms with Gasteiger partial charge < -0.3 is 0 Å². The molecule has 4 rings (SSSR count). The highest BCUT2D eigenvalue weighted by molar-refractivity contribution is 5.45. The molecule has 4 heteroatoms. The van der Waals surface area contributed by atoms with Crippen LogP contribution >= 0.6 is 0 Å². The standard InChI is InChI=1S/C22H19N4/c1-3-7-19(8-4-1)17-25-15-16-26(18-25)22-13-11-21(12-14-22)24-23-20-9-5-2-6-10-20/h1-16,18H,17H2/q+1. The Balaban J connectivity index is 1.46. The van der Waals surface area contributed by atoms with Gasteiger partial charge in [-0.2, -0.15) is 10.2 Å². The van der Waals surface area contributed by atoms with E-state index in [-0.39, 0.29) is 0 Å².